The predicted molar refractivity (Wildman–Crippen MR) is 82.8 cm³/mol. The topological polar surface area (TPSA) is 50.4 Å². The molecular weight excluding hydrogens is 252 g/mol. The van der Waals surface area contributed by atoms with E-state index in [0.29, 0.717) is 25.7 Å². The largest absolute Gasteiger partial charge is 0.381 e. The average Bonchev–Trinajstić information content (AvgIpc) is 2.43. The maximum Gasteiger partial charge on any atom is 0.226 e. The molecule has 0 radical (unpaired) electrons. The first kappa shape index (κ1) is 16.7. The lowest BCUT2D eigenvalue weighted by Crippen LogP contribution is -2.21. The molecule has 1 aromatic carbocycles. The number of carbonyl (C=O) groups excluding carboxylic acids is 1. The molecule has 20 heavy (non-hydrogen) atoms. The van der Waals surface area contributed by atoms with Crippen LogP contribution >= 0.6 is 0 Å². The molecular formula is C16H26N2O2. The van der Waals surface area contributed by atoms with Crippen LogP contribution in [0.25, 0.3) is 0 Å². The lowest BCUT2D eigenvalue weighted by Gasteiger charge is -2.09. The summed E-state index contributed by atoms with van der Waals surface area (Å²) < 4.78 is 5.30. The smallest absolute Gasteiger partial charge is 0.226 e. The number of ether oxygens (including phenoxy) is 1. The van der Waals surface area contributed by atoms with Gasteiger partial charge in [0.2, 0.25) is 5.91 Å². The molecule has 0 aromatic heterocycles. The third-order valence-corrected chi connectivity index (χ3v) is 2.77. The molecule has 0 aliphatic heterocycles. The van der Waals surface area contributed by atoms with Gasteiger partial charge in [-0.15, -0.1) is 0 Å². The van der Waals surface area contributed by atoms with Crippen LogP contribution in [0.2, 0.25) is 0 Å². The second-order valence-electron chi connectivity index (χ2n) is 5.14. The normalized spacial score (nSPS) is 10.8. The van der Waals surface area contributed by atoms with E-state index in [2.05, 4.69) is 31.4 Å². The van der Waals surface area contributed by atoms with Crippen molar-refractivity contribution >= 4 is 11.6 Å². The second-order valence-corrected chi connectivity index (χ2v) is 5.14. The van der Waals surface area contributed by atoms with Crippen LogP contribution in [0, 0.1) is 0 Å². The number of hydrogen-bond donors (Lipinski definition) is 2. The fraction of sp³-hybridized carbons (Fsp3) is 0.562. The number of anilines is 1. The van der Waals surface area contributed by atoms with Gasteiger partial charge in [0.05, 0.1) is 13.0 Å². The van der Waals surface area contributed by atoms with Crippen LogP contribution in [-0.4, -0.2) is 25.2 Å². The minimum Gasteiger partial charge on any atom is -0.381 e. The lowest BCUT2D eigenvalue weighted by atomic mass is 10.2. The summed E-state index contributed by atoms with van der Waals surface area (Å²) in [7, 11) is 0. The van der Waals surface area contributed by atoms with Crippen LogP contribution in [0.15, 0.2) is 24.3 Å². The van der Waals surface area contributed by atoms with E-state index in [1.165, 1.54) is 5.56 Å². The van der Waals surface area contributed by atoms with Crippen molar-refractivity contribution in [1.29, 1.82) is 0 Å². The van der Waals surface area contributed by atoms with E-state index >= 15 is 0 Å². The molecule has 1 aromatic rings. The fourth-order valence-corrected chi connectivity index (χ4v) is 1.66. The third kappa shape index (κ3) is 7.26. The zero-order chi connectivity index (χ0) is 14.8. The zero-order valence-corrected chi connectivity index (χ0v) is 12.7. The van der Waals surface area contributed by atoms with E-state index in [1.807, 2.05) is 24.3 Å². The van der Waals surface area contributed by atoms with E-state index in [9.17, 15) is 4.79 Å². The molecule has 1 amide bonds. The Hall–Kier alpha value is -1.39. The summed E-state index contributed by atoms with van der Waals surface area (Å²) in [6.45, 7) is 8.33. The molecule has 0 aliphatic carbocycles. The van der Waals surface area contributed by atoms with Crippen LogP contribution in [0.5, 0.6) is 0 Å². The molecule has 0 spiro atoms. The summed E-state index contributed by atoms with van der Waals surface area (Å²) in [6.07, 6.45) is 1.38. The van der Waals surface area contributed by atoms with Crippen molar-refractivity contribution < 1.29 is 9.53 Å². The molecule has 0 saturated carbocycles. The Morgan fingerprint density at radius 3 is 2.50 bits per heavy atom. The molecule has 0 bridgehead atoms. The minimum absolute atomic E-state index is 0.00541. The molecule has 0 atom stereocenters. The Kier molecular flexibility index (Phi) is 7.92. The summed E-state index contributed by atoms with van der Waals surface area (Å²) in [6, 6.07) is 8.39. The van der Waals surface area contributed by atoms with Gasteiger partial charge in [-0.05, 0) is 24.1 Å². The highest BCUT2D eigenvalue weighted by Crippen LogP contribution is 2.10. The summed E-state index contributed by atoms with van der Waals surface area (Å²) in [5.74, 6) is -0.00541. The van der Waals surface area contributed by atoms with Crippen molar-refractivity contribution in [2.75, 3.05) is 18.5 Å². The highest BCUT2D eigenvalue weighted by Gasteiger charge is 2.02. The number of carbonyl (C=O) groups is 1. The Morgan fingerprint density at radius 1 is 1.20 bits per heavy atom. The Bertz CT molecular complexity index is 388. The van der Waals surface area contributed by atoms with Gasteiger partial charge in [-0.25, -0.2) is 0 Å². The summed E-state index contributed by atoms with van der Waals surface area (Å²) in [5, 5.41) is 6.23. The SMILES string of the molecule is CCCOCCC(=O)Nc1ccc(CNC(C)C)cc1. The van der Waals surface area contributed by atoms with Crippen molar-refractivity contribution in [3.05, 3.63) is 29.8 Å². The van der Waals surface area contributed by atoms with E-state index < -0.39 is 0 Å². The number of amides is 1. The van der Waals surface area contributed by atoms with Gasteiger partial charge in [0.1, 0.15) is 0 Å². The molecule has 0 unspecified atom stereocenters. The van der Waals surface area contributed by atoms with Crippen LogP contribution in [0.3, 0.4) is 0 Å². The van der Waals surface area contributed by atoms with Crippen molar-refractivity contribution in [3.8, 4) is 0 Å². The van der Waals surface area contributed by atoms with Crippen molar-refractivity contribution in [2.45, 2.75) is 46.2 Å². The van der Waals surface area contributed by atoms with Crippen LogP contribution < -0.4 is 10.6 Å². The van der Waals surface area contributed by atoms with E-state index in [-0.39, 0.29) is 5.91 Å². The van der Waals surface area contributed by atoms with Crippen molar-refractivity contribution in [1.82, 2.24) is 5.32 Å². The van der Waals surface area contributed by atoms with E-state index in [0.717, 1.165) is 18.7 Å². The fourth-order valence-electron chi connectivity index (χ4n) is 1.66. The molecule has 2 N–H and O–H groups in total. The molecule has 0 fully saturated rings. The van der Waals surface area contributed by atoms with Gasteiger partial charge in [-0.2, -0.15) is 0 Å². The summed E-state index contributed by atoms with van der Waals surface area (Å²) >= 11 is 0. The number of nitrogens with one attached hydrogen (secondary N) is 2. The van der Waals surface area contributed by atoms with Gasteiger partial charge in [-0.3, -0.25) is 4.79 Å². The van der Waals surface area contributed by atoms with E-state index in [4.69, 9.17) is 4.74 Å². The van der Waals surface area contributed by atoms with Gasteiger partial charge in [-0.1, -0.05) is 32.9 Å². The van der Waals surface area contributed by atoms with Crippen LogP contribution in [-0.2, 0) is 16.1 Å². The first-order valence-electron chi connectivity index (χ1n) is 7.31. The summed E-state index contributed by atoms with van der Waals surface area (Å²) in [4.78, 5) is 11.7. The average molecular weight is 278 g/mol. The predicted octanol–water partition coefficient (Wildman–Crippen LogP) is 2.94. The Balaban J connectivity index is 2.31. The van der Waals surface area contributed by atoms with Crippen LogP contribution in [0.1, 0.15) is 39.2 Å². The minimum atomic E-state index is -0.00541. The van der Waals surface area contributed by atoms with Crippen molar-refractivity contribution in [2.24, 2.45) is 0 Å². The quantitative estimate of drug-likeness (QED) is 0.683. The molecule has 1 rings (SSSR count). The zero-order valence-electron chi connectivity index (χ0n) is 12.7. The number of rotatable bonds is 9. The first-order valence-corrected chi connectivity index (χ1v) is 7.31. The van der Waals surface area contributed by atoms with Gasteiger partial charge in [0, 0.05) is 24.9 Å². The maximum absolute atomic E-state index is 11.7. The molecule has 0 aliphatic rings. The van der Waals surface area contributed by atoms with Crippen molar-refractivity contribution in [3.63, 3.8) is 0 Å². The summed E-state index contributed by atoms with van der Waals surface area (Å²) in [5.41, 5.74) is 2.04. The van der Waals surface area contributed by atoms with Gasteiger partial charge in [0.25, 0.3) is 0 Å². The maximum atomic E-state index is 11.7. The highest BCUT2D eigenvalue weighted by molar-refractivity contribution is 5.90. The third-order valence-electron chi connectivity index (χ3n) is 2.77. The monoisotopic (exact) mass is 278 g/mol. The second kappa shape index (κ2) is 9.50. The molecule has 0 saturated heterocycles. The number of benzene rings is 1. The highest BCUT2D eigenvalue weighted by atomic mass is 16.5. The Labute approximate surface area is 121 Å². The molecule has 4 nitrogen and oxygen atoms in total. The molecule has 112 valence electrons. The van der Waals surface area contributed by atoms with E-state index in [1.54, 1.807) is 0 Å². The van der Waals surface area contributed by atoms with Gasteiger partial charge >= 0.3 is 0 Å². The number of hydrogen-bond acceptors (Lipinski definition) is 3. The van der Waals surface area contributed by atoms with Gasteiger partial charge in [0.15, 0.2) is 0 Å². The standard InChI is InChI=1S/C16H26N2O2/c1-4-10-20-11-9-16(19)18-15-7-5-14(6-8-15)12-17-13(2)3/h5-8,13,17H,4,9-12H2,1-3H3,(H,18,19). The Morgan fingerprint density at radius 2 is 1.90 bits per heavy atom. The van der Waals surface area contributed by atoms with Gasteiger partial charge < -0.3 is 15.4 Å². The molecule has 4 heteroatoms. The van der Waals surface area contributed by atoms with Crippen LogP contribution in [0.4, 0.5) is 5.69 Å². The lowest BCUT2D eigenvalue weighted by molar-refractivity contribution is -0.117. The molecule has 0 heterocycles. The first-order chi connectivity index (χ1) is 9.61.